The van der Waals surface area contributed by atoms with E-state index in [0.29, 0.717) is 26.5 Å². The molecule has 0 aliphatic carbocycles. The molecule has 6 nitrogen and oxygen atoms in total. The second-order valence-electron chi connectivity index (χ2n) is 4.34. The van der Waals surface area contributed by atoms with E-state index >= 15 is 0 Å². The van der Waals surface area contributed by atoms with Gasteiger partial charge in [0.1, 0.15) is 11.5 Å². The Morgan fingerprint density at radius 1 is 1.18 bits per heavy atom. The van der Waals surface area contributed by atoms with Crippen LogP contribution in [0.1, 0.15) is 0 Å². The molecule has 0 N–H and O–H groups in total. The number of hydrogen-bond acceptors (Lipinski definition) is 6. The van der Waals surface area contributed by atoms with E-state index < -0.39 is 5.82 Å². The first-order valence-corrected chi connectivity index (χ1v) is 7.36. The van der Waals surface area contributed by atoms with Crippen LogP contribution in [0.2, 0.25) is 5.02 Å². The van der Waals surface area contributed by atoms with Crippen molar-refractivity contribution in [3.05, 3.63) is 47.6 Å². The SMILES string of the molecule is Fc1cc(Cl)ccc1-c1nnc2sc(-c3cnccn3)nn12. The van der Waals surface area contributed by atoms with Gasteiger partial charge in [-0.1, -0.05) is 22.9 Å². The standard InChI is InChI=1S/C13H6ClFN6S/c14-7-1-2-8(9(15)5-7)11-18-19-13-21(11)20-12(22-13)10-6-16-3-4-17-10/h1-6H. The largest absolute Gasteiger partial charge is 0.261 e. The van der Waals surface area contributed by atoms with Gasteiger partial charge in [-0.05, 0) is 18.2 Å². The molecule has 0 amide bonds. The minimum absolute atomic E-state index is 0.285. The Balaban J connectivity index is 1.88. The Morgan fingerprint density at radius 2 is 2.09 bits per heavy atom. The highest BCUT2D eigenvalue weighted by atomic mass is 35.5. The molecule has 3 aromatic heterocycles. The van der Waals surface area contributed by atoms with Crippen LogP contribution in [0.25, 0.3) is 27.1 Å². The molecule has 0 fully saturated rings. The summed E-state index contributed by atoms with van der Waals surface area (Å²) in [5, 5.41) is 13.4. The zero-order chi connectivity index (χ0) is 15.1. The van der Waals surface area contributed by atoms with E-state index in [0.717, 1.165) is 0 Å². The second kappa shape index (κ2) is 5.08. The van der Waals surface area contributed by atoms with Gasteiger partial charge in [0.05, 0.1) is 11.8 Å². The maximum atomic E-state index is 14.1. The Hall–Kier alpha value is -2.45. The molecule has 22 heavy (non-hydrogen) atoms. The van der Waals surface area contributed by atoms with Gasteiger partial charge in [0, 0.05) is 17.4 Å². The summed E-state index contributed by atoms with van der Waals surface area (Å²) in [6.45, 7) is 0. The average Bonchev–Trinajstić information content (AvgIpc) is 3.09. The van der Waals surface area contributed by atoms with Crippen molar-refractivity contribution in [2.45, 2.75) is 0 Å². The predicted octanol–water partition coefficient (Wildman–Crippen LogP) is 3.10. The van der Waals surface area contributed by atoms with Crippen LogP contribution in [-0.2, 0) is 0 Å². The number of fused-ring (bicyclic) bond motifs is 1. The zero-order valence-corrected chi connectivity index (χ0v) is 12.4. The maximum absolute atomic E-state index is 14.1. The van der Waals surface area contributed by atoms with Crippen molar-refractivity contribution in [1.82, 2.24) is 29.8 Å². The Morgan fingerprint density at radius 3 is 2.86 bits per heavy atom. The minimum Gasteiger partial charge on any atom is -0.261 e. The van der Waals surface area contributed by atoms with Crippen molar-refractivity contribution >= 4 is 27.9 Å². The van der Waals surface area contributed by atoms with Gasteiger partial charge in [-0.2, -0.15) is 9.61 Å². The third-order valence-electron chi connectivity index (χ3n) is 2.95. The van der Waals surface area contributed by atoms with Crippen LogP contribution in [-0.4, -0.2) is 29.8 Å². The molecule has 0 aliphatic heterocycles. The van der Waals surface area contributed by atoms with Crippen LogP contribution in [0.3, 0.4) is 0 Å². The number of aromatic nitrogens is 6. The van der Waals surface area contributed by atoms with Crippen LogP contribution >= 0.6 is 22.9 Å². The monoisotopic (exact) mass is 332 g/mol. The van der Waals surface area contributed by atoms with Crippen LogP contribution in [0.4, 0.5) is 4.39 Å². The Kier molecular flexibility index (Phi) is 3.05. The van der Waals surface area contributed by atoms with Crippen LogP contribution < -0.4 is 0 Å². The van der Waals surface area contributed by atoms with Gasteiger partial charge in [0.2, 0.25) is 4.96 Å². The highest BCUT2D eigenvalue weighted by Crippen LogP contribution is 2.28. The summed E-state index contributed by atoms with van der Waals surface area (Å²) in [5.41, 5.74) is 0.911. The number of benzene rings is 1. The minimum atomic E-state index is -0.476. The topological polar surface area (TPSA) is 68.9 Å². The molecule has 9 heteroatoms. The van der Waals surface area contributed by atoms with Gasteiger partial charge in [0.15, 0.2) is 10.8 Å². The lowest BCUT2D eigenvalue weighted by atomic mass is 10.2. The van der Waals surface area contributed by atoms with E-state index in [9.17, 15) is 4.39 Å². The molecule has 108 valence electrons. The first-order valence-electron chi connectivity index (χ1n) is 6.16. The molecule has 4 rings (SSSR count). The molecule has 0 radical (unpaired) electrons. The molecule has 0 saturated heterocycles. The average molecular weight is 333 g/mol. The normalized spacial score (nSPS) is 11.2. The second-order valence-corrected chi connectivity index (χ2v) is 5.73. The van der Waals surface area contributed by atoms with Crippen molar-refractivity contribution < 1.29 is 4.39 Å². The summed E-state index contributed by atoms with van der Waals surface area (Å²) in [5.74, 6) is -0.161. The summed E-state index contributed by atoms with van der Waals surface area (Å²) in [4.78, 5) is 8.74. The molecule has 0 unspecified atom stereocenters. The number of nitrogens with zero attached hydrogens (tertiary/aromatic N) is 6. The number of rotatable bonds is 2. The lowest BCUT2D eigenvalue weighted by Gasteiger charge is -1.99. The van der Waals surface area contributed by atoms with Crippen LogP contribution in [0, 0.1) is 5.82 Å². The summed E-state index contributed by atoms with van der Waals surface area (Å²) in [6.07, 6.45) is 4.77. The van der Waals surface area contributed by atoms with Gasteiger partial charge in [-0.3, -0.25) is 9.97 Å². The molecule has 0 atom stereocenters. The molecule has 0 spiro atoms. The molecular weight excluding hydrogens is 327 g/mol. The first-order chi connectivity index (χ1) is 10.7. The van der Waals surface area contributed by atoms with E-state index in [2.05, 4.69) is 25.3 Å². The number of hydrogen-bond donors (Lipinski definition) is 0. The van der Waals surface area contributed by atoms with Gasteiger partial charge in [-0.25, -0.2) is 4.39 Å². The van der Waals surface area contributed by atoms with Crippen molar-refractivity contribution in [1.29, 1.82) is 0 Å². The van der Waals surface area contributed by atoms with E-state index in [-0.39, 0.29) is 5.56 Å². The Bertz CT molecular complexity index is 967. The van der Waals surface area contributed by atoms with Crippen LogP contribution in [0.5, 0.6) is 0 Å². The summed E-state index contributed by atoms with van der Waals surface area (Å²) in [6, 6.07) is 4.38. The molecule has 4 aromatic rings. The fourth-order valence-corrected chi connectivity index (χ4v) is 2.93. The summed E-state index contributed by atoms with van der Waals surface area (Å²) < 4.78 is 15.5. The third-order valence-corrected chi connectivity index (χ3v) is 4.10. The molecule has 3 heterocycles. The molecule has 0 aliphatic rings. The van der Waals surface area contributed by atoms with Crippen molar-refractivity contribution in [3.63, 3.8) is 0 Å². The fourth-order valence-electron chi connectivity index (χ4n) is 1.97. The van der Waals surface area contributed by atoms with E-state index in [1.807, 2.05) is 0 Å². The van der Waals surface area contributed by atoms with Crippen molar-refractivity contribution in [3.8, 4) is 22.1 Å². The van der Waals surface area contributed by atoms with Crippen molar-refractivity contribution in [2.75, 3.05) is 0 Å². The van der Waals surface area contributed by atoms with Gasteiger partial charge >= 0.3 is 0 Å². The van der Waals surface area contributed by atoms with Crippen LogP contribution in [0.15, 0.2) is 36.8 Å². The van der Waals surface area contributed by atoms with E-state index in [4.69, 9.17) is 11.6 Å². The maximum Gasteiger partial charge on any atom is 0.235 e. The quantitative estimate of drug-likeness (QED) is 0.564. The molecule has 0 bridgehead atoms. The summed E-state index contributed by atoms with van der Waals surface area (Å²) >= 11 is 7.07. The zero-order valence-electron chi connectivity index (χ0n) is 10.8. The first kappa shape index (κ1) is 13.2. The highest BCUT2D eigenvalue weighted by molar-refractivity contribution is 7.19. The fraction of sp³-hybridized carbons (Fsp3) is 0. The third kappa shape index (κ3) is 2.13. The molecule has 0 saturated carbocycles. The van der Waals surface area contributed by atoms with Crippen molar-refractivity contribution in [2.24, 2.45) is 0 Å². The number of halogens is 2. The lowest BCUT2D eigenvalue weighted by Crippen LogP contribution is -1.94. The lowest BCUT2D eigenvalue weighted by molar-refractivity contribution is 0.629. The smallest absolute Gasteiger partial charge is 0.235 e. The van der Waals surface area contributed by atoms with E-state index in [1.165, 1.54) is 21.9 Å². The summed E-state index contributed by atoms with van der Waals surface area (Å²) in [7, 11) is 0. The van der Waals surface area contributed by atoms with Gasteiger partial charge in [0.25, 0.3) is 0 Å². The van der Waals surface area contributed by atoms with Gasteiger partial charge in [-0.15, -0.1) is 10.2 Å². The Labute approximate surface area is 132 Å². The molecule has 1 aromatic carbocycles. The molecular formula is C13H6ClFN6S. The van der Waals surface area contributed by atoms with E-state index in [1.54, 1.807) is 30.7 Å². The van der Waals surface area contributed by atoms with Gasteiger partial charge < -0.3 is 0 Å². The predicted molar refractivity (Wildman–Crippen MR) is 80.1 cm³/mol. The highest BCUT2D eigenvalue weighted by Gasteiger charge is 2.17.